The van der Waals surface area contributed by atoms with Crippen molar-refractivity contribution in [3.8, 4) is 11.1 Å². The third kappa shape index (κ3) is 2.48. The summed E-state index contributed by atoms with van der Waals surface area (Å²) in [5.41, 5.74) is 9.63. The highest BCUT2D eigenvalue weighted by Crippen LogP contribution is 2.25. The first kappa shape index (κ1) is 12.1. The number of hydrogen-bond acceptors (Lipinski definition) is 1. The second-order valence-corrected chi connectivity index (χ2v) is 4.38. The van der Waals surface area contributed by atoms with Crippen LogP contribution in [-0.4, -0.2) is 0 Å². The molecule has 2 aromatic rings. The monoisotopic (exact) mass is 249 g/mol. The van der Waals surface area contributed by atoms with E-state index in [-0.39, 0.29) is 5.02 Å². The van der Waals surface area contributed by atoms with Crippen molar-refractivity contribution in [2.45, 2.75) is 13.5 Å². The van der Waals surface area contributed by atoms with Gasteiger partial charge in [-0.05, 0) is 47.4 Å². The molecule has 88 valence electrons. The van der Waals surface area contributed by atoms with Crippen LogP contribution in [0, 0.1) is 12.7 Å². The van der Waals surface area contributed by atoms with Crippen LogP contribution in [0.3, 0.4) is 0 Å². The van der Waals surface area contributed by atoms with Crippen LogP contribution in [0.5, 0.6) is 0 Å². The fourth-order valence-electron chi connectivity index (χ4n) is 1.75. The molecule has 0 atom stereocenters. The minimum Gasteiger partial charge on any atom is -0.326 e. The first-order valence-corrected chi connectivity index (χ1v) is 5.74. The van der Waals surface area contributed by atoms with E-state index in [1.54, 1.807) is 12.1 Å². The van der Waals surface area contributed by atoms with Gasteiger partial charge in [0, 0.05) is 6.54 Å². The Morgan fingerprint density at radius 1 is 1.12 bits per heavy atom. The van der Waals surface area contributed by atoms with Crippen molar-refractivity contribution in [2.24, 2.45) is 5.73 Å². The lowest BCUT2D eigenvalue weighted by atomic mass is 10.00. The summed E-state index contributed by atoms with van der Waals surface area (Å²) in [6, 6.07) is 10.7. The Bertz CT molecular complexity index is 552. The van der Waals surface area contributed by atoms with Gasteiger partial charge in [-0.2, -0.15) is 0 Å². The molecular formula is C14H13ClFN. The standard InChI is InChI=1S/C14H13ClFN/c1-9-2-3-10(6-12(9)8-17)11-4-5-13(15)14(16)7-11/h2-7H,8,17H2,1H3. The molecule has 2 rings (SSSR count). The third-order valence-corrected chi connectivity index (χ3v) is 3.13. The zero-order valence-electron chi connectivity index (χ0n) is 9.50. The van der Waals surface area contributed by atoms with Gasteiger partial charge in [0.25, 0.3) is 0 Å². The number of benzene rings is 2. The van der Waals surface area contributed by atoms with Crippen molar-refractivity contribution in [2.75, 3.05) is 0 Å². The van der Waals surface area contributed by atoms with E-state index in [2.05, 4.69) is 0 Å². The second-order valence-electron chi connectivity index (χ2n) is 3.97. The van der Waals surface area contributed by atoms with Gasteiger partial charge in [0.1, 0.15) is 5.82 Å². The van der Waals surface area contributed by atoms with Gasteiger partial charge in [-0.15, -0.1) is 0 Å². The maximum Gasteiger partial charge on any atom is 0.142 e. The van der Waals surface area contributed by atoms with Crippen LogP contribution < -0.4 is 5.73 Å². The van der Waals surface area contributed by atoms with Crippen LogP contribution >= 0.6 is 11.6 Å². The average Bonchev–Trinajstić information content (AvgIpc) is 2.33. The lowest BCUT2D eigenvalue weighted by Crippen LogP contribution is -1.99. The summed E-state index contributed by atoms with van der Waals surface area (Å²) in [7, 11) is 0. The molecule has 0 spiro atoms. The lowest BCUT2D eigenvalue weighted by Gasteiger charge is -2.08. The Morgan fingerprint density at radius 3 is 2.41 bits per heavy atom. The third-order valence-electron chi connectivity index (χ3n) is 2.82. The van der Waals surface area contributed by atoms with E-state index < -0.39 is 5.82 Å². The molecule has 2 aromatic carbocycles. The van der Waals surface area contributed by atoms with Crippen molar-refractivity contribution in [1.29, 1.82) is 0 Å². The smallest absolute Gasteiger partial charge is 0.142 e. The largest absolute Gasteiger partial charge is 0.326 e. The first-order chi connectivity index (χ1) is 8.11. The van der Waals surface area contributed by atoms with Gasteiger partial charge < -0.3 is 5.73 Å². The Kier molecular flexibility index (Phi) is 3.46. The number of rotatable bonds is 2. The van der Waals surface area contributed by atoms with Gasteiger partial charge in [0.2, 0.25) is 0 Å². The molecule has 0 heterocycles. The molecular weight excluding hydrogens is 237 g/mol. The average molecular weight is 250 g/mol. The van der Waals surface area contributed by atoms with Crippen molar-refractivity contribution >= 4 is 11.6 Å². The molecule has 0 aliphatic rings. The summed E-state index contributed by atoms with van der Waals surface area (Å²) in [6.07, 6.45) is 0. The Labute approximate surface area is 105 Å². The van der Waals surface area contributed by atoms with Gasteiger partial charge in [0.15, 0.2) is 0 Å². The molecule has 0 aliphatic carbocycles. The van der Waals surface area contributed by atoms with Gasteiger partial charge in [-0.25, -0.2) is 4.39 Å². The Hall–Kier alpha value is -1.38. The van der Waals surface area contributed by atoms with Crippen LogP contribution in [-0.2, 0) is 6.54 Å². The van der Waals surface area contributed by atoms with Gasteiger partial charge in [-0.3, -0.25) is 0 Å². The quantitative estimate of drug-likeness (QED) is 0.858. The molecule has 0 aromatic heterocycles. The van der Waals surface area contributed by atoms with E-state index in [0.29, 0.717) is 6.54 Å². The number of nitrogens with two attached hydrogens (primary N) is 1. The highest BCUT2D eigenvalue weighted by atomic mass is 35.5. The van der Waals surface area contributed by atoms with E-state index in [1.807, 2.05) is 25.1 Å². The molecule has 0 saturated heterocycles. The lowest BCUT2D eigenvalue weighted by molar-refractivity contribution is 0.629. The summed E-state index contributed by atoms with van der Waals surface area (Å²) >= 11 is 5.66. The molecule has 1 nitrogen and oxygen atoms in total. The highest BCUT2D eigenvalue weighted by Gasteiger charge is 2.05. The molecule has 3 heteroatoms. The molecule has 0 amide bonds. The van der Waals surface area contributed by atoms with Gasteiger partial charge in [-0.1, -0.05) is 29.8 Å². The van der Waals surface area contributed by atoms with Crippen LogP contribution in [0.2, 0.25) is 5.02 Å². The zero-order chi connectivity index (χ0) is 12.4. The summed E-state index contributed by atoms with van der Waals surface area (Å²) in [6.45, 7) is 2.49. The van der Waals surface area contributed by atoms with Crippen LogP contribution in [0.15, 0.2) is 36.4 Å². The van der Waals surface area contributed by atoms with Crippen molar-refractivity contribution in [3.05, 3.63) is 58.4 Å². The normalized spacial score (nSPS) is 10.6. The molecule has 0 aliphatic heterocycles. The minimum absolute atomic E-state index is 0.139. The Balaban J connectivity index is 2.49. The molecule has 0 radical (unpaired) electrons. The van der Waals surface area contributed by atoms with E-state index in [1.165, 1.54) is 6.07 Å². The molecule has 0 bridgehead atoms. The zero-order valence-corrected chi connectivity index (χ0v) is 10.3. The fraction of sp³-hybridized carbons (Fsp3) is 0.143. The topological polar surface area (TPSA) is 26.0 Å². The van der Waals surface area contributed by atoms with E-state index in [4.69, 9.17) is 17.3 Å². The fourth-order valence-corrected chi connectivity index (χ4v) is 1.86. The molecule has 17 heavy (non-hydrogen) atoms. The van der Waals surface area contributed by atoms with Crippen LogP contribution in [0.1, 0.15) is 11.1 Å². The van der Waals surface area contributed by atoms with Gasteiger partial charge >= 0.3 is 0 Å². The molecule has 2 N–H and O–H groups in total. The summed E-state index contributed by atoms with van der Waals surface area (Å²) < 4.78 is 13.4. The van der Waals surface area contributed by atoms with Crippen molar-refractivity contribution in [3.63, 3.8) is 0 Å². The van der Waals surface area contributed by atoms with E-state index >= 15 is 0 Å². The van der Waals surface area contributed by atoms with Gasteiger partial charge in [0.05, 0.1) is 5.02 Å². The Morgan fingerprint density at radius 2 is 1.76 bits per heavy atom. The van der Waals surface area contributed by atoms with Crippen LogP contribution in [0.25, 0.3) is 11.1 Å². The summed E-state index contributed by atoms with van der Waals surface area (Å²) in [5.74, 6) is -0.404. The highest BCUT2D eigenvalue weighted by molar-refractivity contribution is 6.30. The molecule has 0 unspecified atom stereocenters. The SMILES string of the molecule is Cc1ccc(-c2ccc(Cl)c(F)c2)cc1CN. The predicted molar refractivity (Wildman–Crippen MR) is 69.5 cm³/mol. The van der Waals surface area contributed by atoms with E-state index in [9.17, 15) is 4.39 Å². The number of halogens is 2. The van der Waals surface area contributed by atoms with Crippen molar-refractivity contribution in [1.82, 2.24) is 0 Å². The number of hydrogen-bond donors (Lipinski definition) is 1. The van der Waals surface area contributed by atoms with Crippen LogP contribution in [0.4, 0.5) is 4.39 Å². The van der Waals surface area contributed by atoms with E-state index in [0.717, 1.165) is 22.3 Å². The molecule has 0 fully saturated rings. The number of aryl methyl sites for hydroxylation is 1. The first-order valence-electron chi connectivity index (χ1n) is 5.37. The molecule has 0 saturated carbocycles. The van der Waals surface area contributed by atoms with Crippen molar-refractivity contribution < 1.29 is 4.39 Å². The maximum absolute atomic E-state index is 13.4. The second kappa shape index (κ2) is 4.86. The summed E-state index contributed by atoms with van der Waals surface area (Å²) in [5, 5.41) is 0.139. The minimum atomic E-state index is -0.404. The summed E-state index contributed by atoms with van der Waals surface area (Å²) in [4.78, 5) is 0. The maximum atomic E-state index is 13.4. The predicted octanol–water partition coefficient (Wildman–Crippen LogP) is 3.91.